The average Bonchev–Trinajstić information content (AvgIpc) is 3.35. The number of rotatable bonds is 4. The number of carbonyl (C=O) groups excluding carboxylic acids is 1. The molecule has 2 heterocycles. The van der Waals surface area contributed by atoms with Gasteiger partial charge in [-0.2, -0.15) is 5.10 Å². The van der Waals surface area contributed by atoms with Crippen molar-refractivity contribution in [2.24, 2.45) is 0 Å². The van der Waals surface area contributed by atoms with E-state index >= 15 is 0 Å². The molecule has 0 aliphatic carbocycles. The van der Waals surface area contributed by atoms with Crippen LogP contribution in [0, 0.1) is 0 Å². The minimum absolute atomic E-state index is 0.233. The van der Waals surface area contributed by atoms with Gasteiger partial charge in [-0.15, -0.1) is 0 Å². The number of hydrogen-bond acceptors (Lipinski definition) is 4. The van der Waals surface area contributed by atoms with Crippen molar-refractivity contribution < 1.29 is 9.32 Å². The molecule has 0 atom stereocenters. The molecular formula is C19H14N4O2. The van der Waals surface area contributed by atoms with Crippen LogP contribution in [0.2, 0.25) is 0 Å². The number of H-pyrrole nitrogens is 1. The quantitative estimate of drug-likeness (QED) is 0.593. The Labute approximate surface area is 143 Å². The molecule has 122 valence electrons. The molecule has 25 heavy (non-hydrogen) atoms. The third kappa shape index (κ3) is 3.18. The van der Waals surface area contributed by atoms with Gasteiger partial charge in [0.15, 0.2) is 11.5 Å². The fourth-order valence-corrected chi connectivity index (χ4v) is 2.47. The van der Waals surface area contributed by atoms with Crippen LogP contribution in [0.5, 0.6) is 0 Å². The second-order valence-electron chi connectivity index (χ2n) is 5.44. The van der Waals surface area contributed by atoms with Crippen molar-refractivity contribution in [3.63, 3.8) is 0 Å². The monoisotopic (exact) mass is 330 g/mol. The number of aromatic nitrogens is 3. The van der Waals surface area contributed by atoms with Gasteiger partial charge < -0.3 is 9.84 Å². The smallest absolute Gasteiger partial charge is 0.277 e. The predicted octanol–water partition coefficient (Wildman–Crippen LogP) is 3.98. The summed E-state index contributed by atoms with van der Waals surface area (Å²) in [5, 5.41) is 13.5. The van der Waals surface area contributed by atoms with Crippen LogP contribution in [-0.4, -0.2) is 21.3 Å². The predicted molar refractivity (Wildman–Crippen MR) is 93.9 cm³/mol. The van der Waals surface area contributed by atoms with Crippen LogP contribution in [0.3, 0.4) is 0 Å². The number of amides is 1. The lowest BCUT2D eigenvalue weighted by Gasteiger charge is -2.04. The summed E-state index contributed by atoms with van der Waals surface area (Å²) in [7, 11) is 0. The molecule has 2 aromatic heterocycles. The maximum atomic E-state index is 12.3. The Morgan fingerprint density at radius 2 is 1.76 bits per heavy atom. The lowest BCUT2D eigenvalue weighted by Crippen LogP contribution is -2.11. The standard InChI is InChI=1S/C19H14N4O2/c24-19(17-12-18(25-23-17)14-4-2-1-3-5-14)21-15-8-6-13(7-9-15)16-10-11-20-22-16/h1-12H,(H,20,22)(H,21,24). The SMILES string of the molecule is O=C(Nc1ccc(-c2ccn[nH]2)cc1)c1cc(-c2ccccc2)on1. The number of carbonyl (C=O) groups is 1. The molecule has 0 radical (unpaired) electrons. The van der Waals surface area contributed by atoms with Gasteiger partial charge in [-0.1, -0.05) is 47.6 Å². The highest BCUT2D eigenvalue weighted by atomic mass is 16.5. The maximum Gasteiger partial charge on any atom is 0.277 e. The van der Waals surface area contributed by atoms with Gasteiger partial charge in [0.25, 0.3) is 5.91 Å². The Morgan fingerprint density at radius 3 is 2.48 bits per heavy atom. The second-order valence-corrected chi connectivity index (χ2v) is 5.44. The summed E-state index contributed by atoms with van der Waals surface area (Å²) in [5.41, 5.74) is 3.69. The minimum Gasteiger partial charge on any atom is -0.355 e. The van der Waals surface area contributed by atoms with Gasteiger partial charge in [-0.3, -0.25) is 9.89 Å². The zero-order chi connectivity index (χ0) is 17.1. The second kappa shape index (κ2) is 6.45. The van der Waals surface area contributed by atoms with E-state index in [1.165, 1.54) is 0 Å². The summed E-state index contributed by atoms with van der Waals surface area (Å²) in [5.74, 6) is 0.237. The van der Waals surface area contributed by atoms with Crippen molar-refractivity contribution in [3.8, 4) is 22.6 Å². The van der Waals surface area contributed by atoms with Gasteiger partial charge in [-0.05, 0) is 23.8 Å². The van der Waals surface area contributed by atoms with Crippen LogP contribution in [0.15, 0.2) is 77.4 Å². The van der Waals surface area contributed by atoms with Crippen molar-refractivity contribution in [1.29, 1.82) is 0 Å². The Balaban J connectivity index is 1.48. The van der Waals surface area contributed by atoms with Crippen molar-refractivity contribution in [3.05, 3.63) is 78.6 Å². The van der Waals surface area contributed by atoms with Crippen molar-refractivity contribution in [1.82, 2.24) is 15.4 Å². The first-order valence-electron chi connectivity index (χ1n) is 7.73. The van der Waals surface area contributed by atoms with Gasteiger partial charge in [0.2, 0.25) is 0 Å². The van der Waals surface area contributed by atoms with Crippen molar-refractivity contribution >= 4 is 11.6 Å². The Morgan fingerprint density at radius 1 is 0.960 bits per heavy atom. The number of benzene rings is 2. The molecule has 2 aromatic carbocycles. The molecule has 0 saturated carbocycles. The van der Waals surface area contributed by atoms with E-state index in [0.717, 1.165) is 16.8 Å². The van der Waals surface area contributed by atoms with Crippen molar-refractivity contribution in [2.75, 3.05) is 5.32 Å². The average molecular weight is 330 g/mol. The fourth-order valence-electron chi connectivity index (χ4n) is 2.47. The molecule has 0 bridgehead atoms. The number of hydrogen-bond donors (Lipinski definition) is 2. The lowest BCUT2D eigenvalue weighted by atomic mass is 10.1. The topological polar surface area (TPSA) is 83.8 Å². The van der Waals surface area contributed by atoms with E-state index < -0.39 is 0 Å². The van der Waals surface area contributed by atoms with Crippen LogP contribution in [0.1, 0.15) is 10.5 Å². The molecule has 1 amide bonds. The first-order chi connectivity index (χ1) is 12.3. The van der Waals surface area contributed by atoms with Crippen molar-refractivity contribution in [2.45, 2.75) is 0 Å². The van der Waals surface area contributed by atoms with Gasteiger partial charge in [0.1, 0.15) is 0 Å². The van der Waals surface area contributed by atoms with Crippen LogP contribution in [-0.2, 0) is 0 Å². The number of anilines is 1. The summed E-state index contributed by atoms with van der Waals surface area (Å²) >= 11 is 0. The Kier molecular flexibility index (Phi) is 3.84. The highest BCUT2D eigenvalue weighted by molar-refractivity contribution is 6.03. The maximum absolute atomic E-state index is 12.3. The largest absolute Gasteiger partial charge is 0.355 e. The zero-order valence-electron chi connectivity index (χ0n) is 13.1. The summed E-state index contributed by atoms with van der Waals surface area (Å²) in [6, 6.07) is 20.5. The zero-order valence-corrected chi connectivity index (χ0v) is 13.1. The van der Waals surface area contributed by atoms with E-state index in [0.29, 0.717) is 11.4 Å². The number of nitrogens with zero attached hydrogens (tertiary/aromatic N) is 2. The molecule has 0 unspecified atom stereocenters. The third-order valence-electron chi connectivity index (χ3n) is 3.76. The van der Waals surface area contributed by atoms with Gasteiger partial charge >= 0.3 is 0 Å². The number of aromatic amines is 1. The highest BCUT2D eigenvalue weighted by Gasteiger charge is 2.14. The molecule has 0 aliphatic heterocycles. The fraction of sp³-hybridized carbons (Fsp3) is 0. The van der Waals surface area contributed by atoms with Gasteiger partial charge in [0, 0.05) is 23.5 Å². The first-order valence-corrected chi connectivity index (χ1v) is 7.73. The number of nitrogens with one attached hydrogen (secondary N) is 2. The summed E-state index contributed by atoms with van der Waals surface area (Å²) in [4.78, 5) is 12.3. The lowest BCUT2D eigenvalue weighted by molar-refractivity contribution is 0.101. The normalized spacial score (nSPS) is 10.6. The summed E-state index contributed by atoms with van der Waals surface area (Å²) < 4.78 is 5.26. The molecule has 0 fully saturated rings. The van der Waals surface area contributed by atoms with Gasteiger partial charge in [0.05, 0.1) is 5.69 Å². The molecule has 0 spiro atoms. The van der Waals surface area contributed by atoms with Crippen LogP contribution in [0.25, 0.3) is 22.6 Å². The summed E-state index contributed by atoms with van der Waals surface area (Å²) in [6.45, 7) is 0. The summed E-state index contributed by atoms with van der Waals surface area (Å²) in [6.07, 6.45) is 1.69. The van der Waals surface area contributed by atoms with Crippen LogP contribution < -0.4 is 5.32 Å². The van der Waals surface area contributed by atoms with E-state index in [4.69, 9.17) is 4.52 Å². The Bertz CT molecular complexity index is 974. The molecule has 0 aliphatic rings. The first kappa shape index (κ1) is 14.9. The van der Waals surface area contributed by atoms with Crippen LogP contribution in [0.4, 0.5) is 5.69 Å². The molecule has 0 saturated heterocycles. The van der Waals surface area contributed by atoms with Gasteiger partial charge in [-0.25, -0.2) is 0 Å². The van der Waals surface area contributed by atoms with E-state index in [2.05, 4.69) is 20.7 Å². The molecule has 6 nitrogen and oxygen atoms in total. The third-order valence-corrected chi connectivity index (χ3v) is 3.76. The molecule has 4 aromatic rings. The van der Waals surface area contributed by atoms with E-state index in [-0.39, 0.29) is 11.6 Å². The Hall–Kier alpha value is -3.67. The van der Waals surface area contributed by atoms with E-state index in [1.54, 1.807) is 12.3 Å². The van der Waals surface area contributed by atoms with Crippen LogP contribution >= 0.6 is 0 Å². The molecule has 4 rings (SSSR count). The molecule has 6 heteroatoms. The molecular weight excluding hydrogens is 316 g/mol. The highest BCUT2D eigenvalue weighted by Crippen LogP contribution is 2.21. The van der Waals surface area contributed by atoms with E-state index in [1.807, 2.05) is 60.7 Å². The molecule has 2 N–H and O–H groups in total. The minimum atomic E-state index is -0.319. The van der Waals surface area contributed by atoms with E-state index in [9.17, 15) is 4.79 Å².